The molecule has 35 heavy (non-hydrogen) atoms. The smallest absolute Gasteiger partial charge is 0.141 e. The number of nitrogens with zero attached hydrogens (tertiary/aromatic N) is 3. The summed E-state index contributed by atoms with van der Waals surface area (Å²) in [5, 5.41) is 0. The number of anilines is 3. The molecule has 0 saturated heterocycles. The second-order valence-corrected chi connectivity index (χ2v) is 10.2. The van der Waals surface area contributed by atoms with Crippen LogP contribution in [0.1, 0.15) is 44.5 Å². The number of fused-ring (bicyclic) bond motifs is 12. The summed E-state index contributed by atoms with van der Waals surface area (Å²) < 4.78 is 0. The lowest BCUT2D eigenvalue weighted by Crippen LogP contribution is -2.26. The predicted molar refractivity (Wildman–Crippen MR) is 139 cm³/mol. The number of hydrogen-bond donors (Lipinski definition) is 0. The Morgan fingerprint density at radius 3 is 2.46 bits per heavy atom. The minimum atomic E-state index is 0.935. The molecule has 3 aromatic carbocycles. The van der Waals surface area contributed by atoms with Crippen LogP contribution < -0.4 is 4.90 Å². The van der Waals surface area contributed by atoms with Gasteiger partial charge in [0.15, 0.2) is 0 Å². The van der Waals surface area contributed by atoms with Crippen LogP contribution in [0.25, 0.3) is 22.3 Å². The molecule has 0 N–H and O–H groups in total. The molecule has 5 aromatic rings. The average molecular weight is 448 g/mol. The van der Waals surface area contributed by atoms with Crippen molar-refractivity contribution in [3.63, 3.8) is 0 Å². The van der Waals surface area contributed by atoms with Crippen molar-refractivity contribution in [2.24, 2.45) is 0 Å². The standard InChI is InChI=1S/C32H21N3/c1-2-6-24-18(4-1)15-26-25(24)8-7-20-12-22-14-23-13-21-5-3-10-34-32(21)35-28-17-33-11-9-19(28)16-27(31(23)35)30(22)29(20)26/h1-11,14,17H,12-13,15-16H2. The molecule has 0 bridgehead atoms. The van der Waals surface area contributed by atoms with Crippen LogP contribution in [0.4, 0.5) is 17.2 Å². The highest BCUT2D eigenvalue weighted by atomic mass is 15.2. The first kappa shape index (κ1) is 18.1. The molecule has 164 valence electrons. The van der Waals surface area contributed by atoms with Gasteiger partial charge in [0.1, 0.15) is 5.82 Å². The van der Waals surface area contributed by atoms with Crippen LogP contribution in [-0.2, 0) is 25.7 Å². The molecule has 0 radical (unpaired) electrons. The summed E-state index contributed by atoms with van der Waals surface area (Å²) in [6.07, 6.45) is 9.79. The van der Waals surface area contributed by atoms with Gasteiger partial charge < -0.3 is 0 Å². The topological polar surface area (TPSA) is 29.0 Å². The van der Waals surface area contributed by atoms with Gasteiger partial charge in [-0.1, -0.05) is 48.5 Å². The molecule has 0 saturated carbocycles. The van der Waals surface area contributed by atoms with Gasteiger partial charge in [0.2, 0.25) is 0 Å². The van der Waals surface area contributed by atoms with Gasteiger partial charge in [-0.15, -0.1) is 0 Å². The van der Waals surface area contributed by atoms with Gasteiger partial charge in [-0.2, -0.15) is 0 Å². The zero-order valence-electron chi connectivity index (χ0n) is 19.2. The Hall–Kier alpha value is -4.24. The summed E-state index contributed by atoms with van der Waals surface area (Å²) in [5.41, 5.74) is 19.7. The summed E-state index contributed by atoms with van der Waals surface area (Å²) in [6, 6.07) is 22.6. The van der Waals surface area contributed by atoms with Crippen molar-refractivity contribution >= 4 is 17.2 Å². The zero-order valence-corrected chi connectivity index (χ0v) is 19.2. The lowest BCUT2D eigenvalue weighted by molar-refractivity contribution is 0.971. The van der Waals surface area contributed by atoms with E-state index in [1.165, 1.54) is 78.1 Å². The molecule has 4 heterocycles. The highest BCUT2D eigenvalue weighted by Gasteiger charge is 2.38. The molecule has 3 heteroatoms. The van der Waals surface area contributed by atoms with E-state index in [1.807, 2.05) is 18.6 Å². The van der Waals surface area contributed by atoms with Gasteiger partial charge in [-0.05, 0) is 91.7 Å². The van der Waals surface area contributed by atoms with Crippen molar-refractivity contribution in [1.29, 1.82) is 0 Å². The maximum Gasteiger partial charge on any atom is 0.141 e. The molecule has 0 unspecified atom stereocenters. The van der Waals surface area contributed by atoms with Crippen LogP contribution in [0.3, 0.4) is 0 Å². The van der Waals surface area contributed by atoms with Crippen molar-refractivity contribution in [2.45, 2.75) is 25.7 Å². The Morgan fingerprint density at radius 2 is 1.46 bits per heavy atom. The first-order valence-electron chi connectivity index (χ1n) is 12.4. The summed E-state index contributed by atoms with van der Waals surface area (Å²) >= 11 is 0. The highest BCUT2D eigenvalue weighted by molar-refractivity contribution is 5.97. The maximum absolute atomic E-state index is 4.87. The predicted octanol–water partition coefficient (Wildman–Crippen LogP) is 6.90. The second-order valence-electron chi connectivity index (χ2n) is 10.2. The van der Waals surface area contributed by atoms with Gasteiger partial charge in [0.05, 0.1) is 17.6 Å². The van der Waals surface area contributed by atoms with Crippen LogP contribution in [-0.4, -0.2) is 9.97 Å². The van der Waals surface area contributed by atoms with Crippen LogP contribution >= 0.6 is 0 Å². The molecule has 3 nitrogen and oxygen atoms in total. The first-order valence-corrected chi connectivity index (χ1v) is 12.4. The van der Waals surface area contributed by atoms with E-state index in [2.05, 4.69) is 70.5 Å². The van der Waals surface area contributed by atoms with Gasteiger partial charge in [-0.3, -0.25) is 9.88 Å². The number of benzene rings is 3. The van der Waals surface area contributed by atoms with Crippen molar-refractivity contribution in [2.75, 3.05) is 4.90 Å². The fraction of sp³-hybridized carbons (Fsp3) is 0.125. The van der Waals surface area contributed by atoms with Crippen molar-refractivity contribution in [3.8, 4) is 22.3 Å². The Kier molecular flexibility index (Phi) is 3.24. The Morgan fingerprint density at radius 1 is 0.600 bits per heavy atom. The maximum atomic E-state index is 4.87. The molecule has 2 aliphatic heterocycles. The Bertz CT molecular complexity index is 1750. The Balaban J connectivity index is 1.36. The summed E-state index contributed by atoms with van der Waals surface area (Å²) in [7, 11) is 0. The molecular formula is C32H21N3. The molecule has 2 aliphatic carbocycles. The molecule has 4 aliphatic rings. The summed E-state index contributed by atoms with van der Waals surface area (Å²) in [4.78, 5) is 11.8. The van der Waals surface area contributed by atoms with Gasteiger partial charge in [0, 0.05) is 25.2 Å². The van der Waals surface area contributed by atoms with Crippen molar-refractivity contribution in [3.05, 3.63) is 124 Å². The van der Waals surface area contributed by atoms with Gasteiger partial charge in [0.25, 0.3) is 0 Å². The quantitative estimate of drug-likeness (QED) is 0.253. The number of hydrogen-bond acceptors (Lipinski definition) is 3. The average Bonchev–Trinajstić information content (AvgIpc) is 3.46. The van der Waals surface area contributed by atoms with Gasteiger partial charge >= 0.3 is 0 Å². The molecule has 0 amide bonds. The van der Waals surface area contributed by atoms with E-state index in [-0.39, 0.29) is 0 Å². The second kappa shape index (κ2) is 6.25. The largest absolute Gasteiger partial charge is 0.292 e. The van der Waals surface area contributed by atoms with Crippen molar-refractivity contribution < 1.29 is 0 Å². The molecule has 0 atom stereocenters. The molecule has 0 fully saturated rings. The van der Waals surface area contributed by atoms with Crippen LogP contribution in [0.2, 0.25) is 0 Å². The zero-order chi connectivity index (χ0) is 22.7. The fourth-order valence-corrected chi connectivity index (χ4v) is 7.09. The van der Waals surface area contributed by atoms with Crippen LogP contribution in [0.15, 0.2) is 79.3 Å². The molecule has 9 rings (SSSR count). The minimum Gasteiger partial charge on any atom is -0.292 e. The van der Waals surface area contributed by atoms with Crippen LogP contribution in [0, 0.1) is 0 Å². The third-order valence-electron chi connectivity index (χ3n) is 8.45. The van der Waals surface area contributed by atoms with E-state index in [4.69, 9.17) is 4.98 Å². The molecular weight excluding hydrogens is 426 g/mol. The molecule has 2 aromatic heterocycles. The number of aromatic nitrogens is 2. The lowest BCUT2D eigenvalue weighted by Gasteiger charge is -2.39. The minimum absolute atomic E-state index is 0.935. The molecule has 0 spiro atoms. The van der Waals surface area contributed by atoms with E-state index in [0.29, 0.717) is 0 Å². The summed E-state index contributed by atoms with van der Waals surface area (Å²) in [6.45, 7) is 0. The normalized spacial score (nSPS) is 14.9. The third kappa shape index (κ3) is 2.21. The lowest BCUT2D eigenvalue weighted by atomic mass is 9.82. The van der Waals surface area contributed by atoms with E-state index in [0.717, 1.165) is 31.5 Å². The fourth-order valence-electron chi connectivity index (χ4n) is 7.09. The van der Waals surface area contributed by atoms with E-state index in [1.54, 1.807) is 0 Å². The third-order valence-corrected chi connectivity index (χ3v) is 8.45. The monoisotopic (exact) mass is 447 g/mol. The van der Waals surface area contributed by atoms with E-state index in [9.17, 15) is 0 Å². The number of pyridine rings is 2. The van der Waals surface area contributed by atoms with Crippen molar-refractivity contribution in [1.82, 2.24) is 9.97 Å². The van der Waals surface area contributed by atoms with E-state index < -0.39 is 0 Å². The highest BCUT2D eigenvalue weighted by Crippen LogP contribution is 2.56. The number of rotatable bonds is 0. The van der Waals surface area contributed by atoms with Crippen LogP contribution in [0.5, 0.6) is 0 Å². The van der Waals surface area contributed by atoms with Gasteiger partial charge in [-0.25, -0.2) is 4.98 Å². The van der Waals surface area contributed by atoms with E-state index >= 15 is 0 Å². The SMILES string of the molecule is c1ccc2c(c1)Cc1c-2ccc2c1-c1c(cc3c4c1Cc1ccncc1N4c1ncccc1C3)C2. The summed E-state index contributed by atoms with van der Waals surface area (Å²) in [5.74, 6) is 1.05. The Labute approximate surface area is 203 Å². The first-order chi connectivity index (χ1) is 17.3.